The molecule has 0 bridgehead atoms. The number of carboxylic acid groups (broad SMARTS) is 1. The van der Waals surface area contributed by atoms with Crippen LogP contribution < -0.4 is 0 Å². The molecule has 3 rings (SSSR count). The van der Waals surface area contributed by atoms with Gasteiger partial charge in [-0.15, -0.1) is 0 Å². The molecule has 0 unspecified atom stereocenters. The van der Waals surface area contributed by atoms with Gasteiger partial charge in [-0.1, -0.05) is 6.92 Å². The van der Waals surface area contributed by atoms with E-state index in [1.54, 1.807) is 6.92 Å². The van der Waals surface area contributed by atoms with Gasteiger partial charge in [0, 0.05) is 5.92 Å². The van der Waals surface area contributed by atoms with E-state index in [4.69, 9.17) is 5.11 Å². The largest absolute Gasteiger partial charge is 0.481 e. The van der Waals surface area contributed by atoms with Crippen LogP contribution in [0.4, 0.5) is 8.78 Å². The van der Waals surface area contributed by atoms with Gasteiger partial charge in [-0.3, -0.25) is 4.79 Å². The summed E-state index contributed by atoms with van der Waals surface area (Å²) in [7, 11) is 0. The summed E-state index contributed by atoms with van der Waals surface area (Å²) in [5, 5.41) is 8.95. The highest BCUT2D eigenvalue weighted by Gasteiger charge is 2.64. The van der Waals surface area contributed by atoms with Gasteiger partial charge in [0.15, 0.2) is 0 Å². The summed E-state index contributed by atoms with van der Waals surface area (Å²) in [6, 6.07) is 2.20. The first-order valence-corrected chi connectivity index (χ1v) is 5.24. The number of carboxylic acids is 1. The highest BCUT2D eigenvalue weighted by Crippen LogP contribution is 2.67. The maximum atomic E-state index is 13.6. The van der Waals surface area contributed by atoms with Crippen LogP contribution in [0.5, 0.6) is 0 Å². The van der Waals surface area contributed by atoms with Crippen molar-refractivity contribution in [3.05, 3.63) is 34.9 Å². The molecule has 16 heavy (non-hydrogen) atoms. The average molecular weight is 224 g/mol. The first kappa shape index (κ1) is 9.75. The Morgan fingerprint density at radius 1 is 1.25 bits per heavy atom. The summed E-state index contributed by atoms with van der Waals surface area (Å²) >= 11 is 0. The molecule has 0 spiro atoms. The van der Waals surface area contributed by atoms with Crippen molar-refractivity contribution < 1.29 is 18.7 Å². The molecule has 0 aromatic heterocycles. The van der Waals surface area contributed by atoms with Gasteiger partial charge < -0.3 is 5.11 Å². The fourth-order valence-corrected chi connectivity index (χ4v) is 3.22. The van der Waals surface area contributed by atoms with E-state index >= 15 is 0 Å². The Bertz CT molecular complexity index is 498. The van der Waals surface area contributed by atoms with E-state index in [1.165, 1.54) is 0 Å². The number of fused-ring (bicyclic) bond motifs is 3. The van der Waals surface area contributed by atoms with Crippen LogP contribution in [0.15, 0.2) is 12.1 Å². The van der Waals surface area contributed by atoms with Crippen molar-refractivity contribution in [1.82, 2.24) is 0 Å². The predicted octanol–water partition coefficient (Wildman–Crippen LogP) is 2.50. The Labute approximate surface area is 90.9 Å². The molecular weight excluding hydrogens is 214 g/mol. The summed E-state index contributed by atoms with van der Waals surface area (Å²) in [5.74, 6) is -2.97. The molecular formula is C12H10F2O2. The second-order valence-electron chi connectivity index (χ2n) is 4.61. The van der Waals surface area contributed by atoms with Crippen LogP contribution in [0.1, 0.15) is 29.9 Å². The van der Waals surface area contributed by atoms with Crippen molar-refractivity contribution in [2.45, 2.75) is 18.8 Å². The summed E-state index contributed by atoms with van der Waals surface area (Å²) in [6.45, 7) is 1.77. The van der Waals surface area contributed by atoms with Gasteiger partial charge in [0.05, 0.1) is 5.92 Å². The maximum Gasteiger partial charge on any atom is 0.307 e. The van der Waals surface area contributed by atoms with Crippen LogP contribution in [0.3, 0.4) is 0 Å². The van der Waals surface area contributed by atoms with Gasteiger partial charge in [-0.05, 0) is 35.1 Å². The molecule has 0 amide bonds. The molecule has 1 saturated carbocycles. The van der Waals surface area contributed by atoms with Gasteiger partial charge >= 0.3 is 5.97 Å². The second-order valence-corrected chi connectivity index (χ2v) is 4.61. The first-order valence-electron chi connectivity index (χ1n) is 5.24. The Kier molecular flexibility index (Phi) is 1.71. The minimum absolute atomic E-state index is 0.126. The molecule has 1 aromatic carbocycles. The molecule has 2 aliphatic carbocycles. The molecule has 0 saturated heterocycles. The number of aliphatic carboxylic acids is 1. The number of halogens is 2. The fraction of sp³-hybridized carbons (Fsp3) is 0.417. The minimum atomic E-state index is -0.906. The van der Waals surface area contributed by atoms with E-state index in [-0.39, 0.29) is 17.8 Å². The normalized spacial score (nSPS) is 34.4. The van der Waals surface area contributed by atoms with E-state index in [9.17, 15) is 13.6 Å². The first-order chi connectivity index (χ1) is 7.54. The van der Waals surface area contributed by atoms with Crippen molar-refractivity contribution in [3.63, 3.8) is 0 Å². The van der Waals surface area contributed by atoms with E-state index < -0.39 is 23.5 Å². The topological polar surface area (TPSA) is 37.3 Å². The zero-order valence-corrected chi connectivity index (χ0v) is 8.58. The lowest BCUT2D eigenvalue weighted by Crippen LogP contribution is -2.10. The number of hydrogen-bond donors (Lipinski definition) is 1. The zero-order valence-electron chi connectivity index (χ0n) is 8.58. The standard InChI is InChI=1S/C12H10F2O2/c1-4-7-5(13)2-3-6(14)9(7)10-8(4)11(10)12(15)16/h2-4,8,10-11H,1H3,(H,15,16)/t4-,8-,10+,11+/m0/s1. The third kappa shape index (κ3) is 0.970. The van der Waals surface area contributed by atoms with Crippen LogP contribution in [-0.2, 0) is 4.79 Å². The Hall–Kier alpha value is -1.45. The lowest BCUT2D eigenvalue weighted by Gasteiger charge is -2.12. The molecule has 0 aliphatic heterocycles. The molecule has 4 atom stereocenters. The molecule has 1 fully saturated rings. The third-order valence-electron chi connectivity index (χ3n) is 3.91. The second kappa shape index (κ2) is 2.81. The lowest BCUT2D eigenvalue weighted by atomic mass is 9.94. The van der Waals surface area contributed by atoms with E-state index in [0.717, 1.165) is 12.1 Å². The molecule has 4 heteroatoms. The van der Waals surface area contributed by atoms with Crippen molar-refractivity contribution in [2.24, 2.45) is 11.8 Å². The van der Waals surface area contributed by atoms with Gasteiger partial charge in [0.2, 0.25) is 0 Å². The Morgan fingerprint density at radius 2 is 1.81 bits per heavy atom. The van der Waals surface area contributed by atoms with Gasteiger partial charge in [0.1, 0.15) is 11.6 Å². The summed E-state index contributed by atoms with van der Waals surface area (Å²) < 4.78 is 27.1. The SMILES string of the molecule is C[C@H]1c2c(F)ccc(F)c2[C@@H]2[C@H](C(=O)O)[C@H]21. The highest BCUT2D eigenvalue weighted by atomic mass is 19.1. The quantitative estimate of drug-likeness (QED) is 0.795. The lowest BCUT2D eigenvalue weighted by molar-refractivity contribution is -0.139. The molecule has 0 radical (unpaired) electrons. The van der Waals surface area contributed by atoms with Gasteiger partial charge in [-0.2, -0.15) is 0 Å². The van der Waals surface area contributed by atoms with Crippen molar-refractivity contribution in [2.75, 3.05) is 0 Å². The molecule has 2 aliphatic rings. The Morgan fingerprint density at radius 3 is 2.38 bits per heavy atom. The van der Waals surface area contributed by atoms with Crippen LogP contribution in [0.25, 0.3) is 0 Å². The van der Waals surface area contributed by atoms with Crippen LogP contribution in [0.2, 0.25) is 0 Å². The maximum absolute atomic E-state index is 13.6. The molecule has 1 N–H and O–H groups in total. The fourth-order valence-electron chi connectivity index (χ4n) is 3.22. The smallest absolute Gasteiger partial charge is 0.307 e. The molecule has 84 valence electrons. The minimum Gasteiger partial charge on any atom is -0.481 e. The van der Waals surface area contributed by atoms with Gasteiger partial charge in [0.25, 0.3) is 0 Å². The van der Waals surface area contributed by atoms with Crippen molar-refractivity contribution >= 4 is 5.97 Å². The van der Waals surface area contributed by atoms with Crippen molar-refractivity contribution in [3.8, 4) is 0 Å². The van der Waals surface area contributed by atoms with E-state index in [2.05, 4.69) is 0 Å². The third-order valence-corrected chi connectivity index (χ3v) is 3.91. The van der Waals surface area contributed by atoms with Crippen LogP contribution in [0, 0.1) is 23.5 Å². The molecule has 0 heterocycles. The highest BCUT2D eigenvalue weighted by molar-refractivity contribution is 5.78. The monoisotopic (exact) mass is 224 g/mol. The summed E-state index contributed by atoms with van der Waals surface area (Å²) in [4.78, 5) is 10.9. The van der Waals surface area contributed by atoms with E-state index in [1.807, 2.05) is 0 Å². The summed E-state index contributed by atoms with van der Waals surface area (Å²) in [5.41, 5.74) is 0.678. The number of rotatable bonds is 1. The average Bonchev–Trinajstić information content (AvgIpc) is 2.88. The summed E-state index contributed by atoms with van der Waals surface area (Å²) in [6.07, 6.45) is 0. The van der Waals surface area contributed by atoms with Crippen LogP contribution >= 0.6 is 0 Å². The van der Waals surface area contributed by atoms with Crippen molar-refractivity contribution in [1.29, 1.82) is 0 Å². The Balaban J connectivity index is 2.15. The number of benzene rings is 1. The predicted molar refractivity (Wildman–Crippen MR) is 52.1 cm³/mol. The molecule has 2 nitrogen and oxygen atoms in total. The zero-order chi connectivity index (χ0) is 11.6. The number of hydrogen-bond acceptors (Lipinski definition) is 1. The molecule has 1 aromatic rings. The van der Waals surface area contributed by atoms with E-state index in [0.29, 0.717) is 11.1 Å². The van der Waals surface area contributed by atoms with Crippen LogP contribution in [-0.4, -0.2) is 11.1 Å². The number of carbonyl (C=O) groups is 1. The van der Waals surface area contributed by atoms with Gasteiger partial charge in [-0.25, -0.2) is 8.78 Å².